The quantitative estimate of drug-likeness (QED) is 0.877. The largest absolute Gasteiger partial charge is 0.384 e. The van der Waals surface area contributed by atoms with Gasteiger partial charge in [-0.1, -0.05) is 11.6 Å². The molecule has 5 heteroatoms. The fourth-order valence-electron chi connectivity index (χ4n) is 1.36. The topological polar surface area (TPSA) is 51.8 Å². The number of aromatic nitrogens is 2. The molecule has 3 nitrogen and oxygen atoms in total. The Morgan fingerprint density at radius 2 is 2.00 bits per heavy atom. The number of halogens is 2. The Morgan fingerprint density at radius 1 is 1.25 bits per heavy atom. The summed E-state index contributed by atoms with van der Waals surface area (Å²) in [5.41, 5.74) is 7.40. The second-order valence-corrected chi connectivity index (χ2v) is 4.65. The van der Waals surface area contributed by atoms with Gasteiger partial charge in [-0.15, -0.1) is 0 Å². The molecule has 2 N–H and O–H groups in total. The third kappa shape index (κ3) is 2.33. The molecular weight excluding hydrogens is 289 g/mol. The molecule has 0 saturated heterocycles. The van der Waals surface area contributed by atoms with Crippen LogP contribution in [0.5, 0.6) is 0 Å². The van der Waals surface area contributed by atoms with E-state index in [1.807, 2.05) is 19.1 Å². The lowest BCUT2D eigenvalue weighted by molar-refractivity contribution is 1.12. The second kappa shape index (κ2) is 4.39. The van der Waals surface area contributed by atoms with Crippen molar-refractivity contribution in [1.82, 2.24) is 9.97 Å². The van der Waals surface area contributed by atoms with Crippen LogP contribution in [0.4, 0.5) is 5.82 Å². The minimum Gasteiger partial charge on any atom is -0.384 e. The number of hydrogen-bond acceptors (Lipinski definition) is 3. The first-order valence-corrected chi connectivity index (χ1v) is 5.80. The zero-order valence-electron chi connectivity index (χ0n) is 8.54. The fourth-order valence-corrected chi connectivity index (χ4v) is 1.85. The Bertz CT molecular complexity index is 522. The van der Waals surface area contributed by atoms with Crippen LogP contribution < -0.4 is 5.73 Å². The maximum atomic E-state index is 5.92. The highest BCUT2D eigenvalue weighted by atomic mass is 79.9. The van der Waals surface area contributed by atoms with E-state index >= 15 is 0 Å². The Hall–Kier alpha value is -1.13. The molecule has 0 fully saturated rings. The van der Waals surface area contributed by atoms with E-state index in [-0.39, 0.29) is 0 Å². The number of benzene rings is 1. The molecule has 1 aromatic heterocycles. The van der Waals surface area contributed by atoms with E-state index in [9.17, 15) is 0 Å². The molecule has 0 aliphatic carbocycles. The van der Waals surface area contributed by atoms with Crippen molar-refractivity contribution in [2.75, 3.05) is 5.73 Å². The molecule has 0 bridgehead atoms. The highest BCUT2D eigenvalue weighted by Crippen LogP contribution is 2.27. The van der Waals surface area contributed by atoms with Crippen molar-refractivity contribution >= 4 is 33.3 Å². The lowest BCUT2D eigenvalue weighted by Crippen LogP contribution is -1.97. The summed E-state index contributed by atoms with van der Waals surface area (Å²) in [5, 5.41) is 0.657. The standard InChI is InChI=1S/C11H9BrClN3/c1-6-4-10(14)16-11(15-6)7-2-3-9(13)8(12)5-7/h2-5H,1H3,(H2,14,15,16). The predicted molar refractivity (Wildman–Crippen MR) is 69.3 cm³/mol. The first-order valence-electron chi connectivity index (χ1n) is 4.63. The lowest BCUT2D eigenvalue weighted by Gasteiger charge is -2.04. The van der Waals surface area contributed by atoms with Crippen LogP contribution >= 0.6 is 27.5 Å². The van der Waals surface area contributed by atoms with Crippen LogP contribution in [0, 0.1) is 6.92 Å². The van der Waals surface area contributed by atoms with Gasteiger partial charge in [-0.25, -0.2) is 9.97 Å². The summed E-state index contributed by atoms with van der Waals surface area (Å²) >= 11 is 9.28. The highest BCUT2D eigenvalue weighted by molar-refractivity contribution is 9.10. The van der Waals surface area contributed by atoms with Gasteiger partial charge in [0.2, 0.25) is 0 Å². The zero-order chi connectivity index (χ0) is 11.7. The number of nitrogens with two attached hydrogens (primary N) is 1. The molecule has 0 saturated carbocycles. The van der Waals surface area contributed by atoms with Crippen LogP contribution in [0.25, 0.3) is 11.4 Å². The third-order valence-corrected chi connectivity index (χ3v) is 3.27. The molecule has 0 unspecified atom stereocenters. The summed E-state index contributed by atoms with van der Waals surface area (Å²) in [5.74, 6) is 1.07. The summed E-state index contributed by atoms with van der Waals surface area (Å²) < 4.78 is 0.815. The molecule has 0 spiro atoms. The lowest BCUT2D eigenvalue weighted by atomic mass is 10.2. The molecule has 2 aromatic rings. The average molecular weight is 299 g/mol. The summed E-state index contributed by atoms with van der Waals surface area (Å²) in [6, 6.07) is 7.26. The number of nitrogen functional groups attached to an aromatic ring is 1. The summed E-state index contributed by atoms with van der Waals surface area (Å²) in [6.45, 7) is 1.88. The van der Waals surface area contributed by atoms with Gasteiger partial charge in [0.25, 0.3) is 0 Å². The minimum absolute atomic E-state index is 0.466. The second-order valence-electron chi connectivity index (χ2n) is 3.39. The van der Waals surface area contributed by atoms with Crippen molar-refractivity contribution in [2.45, 2.75) is 6.92 Å². The highest BCUT2D eigenvalue weighted by Gasteiger charge is 2.05. The number of rotatable bonds is 1. The van der Waals surface area contributed by atoms with Crippen molar-refractivity contribution in [3.63, 3.8) is 0 Å². The number of aryl methyl sites for hydroxylation is 1. The first kappa shape index (κ1) is 11.4. The third-order valence-electron chi connectivity index (χ3n) is 2.05. The molecule has 2 rings (SSSR count). The van der Waals surface area contributed by atoms with E-state index in [1.165, 1.54) is 0 Å². The van der Waals surface area contributed by atoms with Gasteiger partial charge in [-0.2, -0.15) is 0 Å². The first-order chi connectivity index (χ1) is 7.56. The van der Waals surface area contributed by atoms with Gasteiger partial charge >= 0.3 is 0 Å². The number of hydrogen-bond donors (Lipinski definition) is 1. The molecule has 1 heterocycles. The van der Waals surface area contributed by atoms with Gasteiger partial charge in [0.1, 0.15) is 5.82 Å². The van der Waals surface area contributed by atoms with Crippen molar-refractivity contribution in [1.29, 1.82) is 0 Å². The number of anilines is 1. The molecule has 0 radical (unpaired) electrons. The van der Waals surface area contributed by atoms with E-state index in [0.29, 0.717) is 16.7 Å². The van der Waals surface area contributed by atoms with E-state index in [1.54, 1.807) is 12.1 Å². The molecule has 0 atom stereocenters. The molecule has 0 amide bonds. The molecule has 0 aliphatic rings. The van der Waals surface area contributed by atoms with Gasteiger partial charge in [0.05, 0.1) is 5.02 Å². The maximum absolute atomic E-state index is 5.92. The van der Waals surface area contributed by atoms with Crippen LogP contribution in [-0.2, 0) is 0 Å². The summed E-state index contributed by atoms with van der Waals surface area (Å²) in [6.07, 6.45) is 0. The van der Waals surface area contributed by atoms with Gasteiger partial charge in [0, 0.05) is 21.8 Å². The van der Waals surface area contributed by atoms with Crippen molar-refractivity contribution in [3.05, 3.63) is 39.5 Å². The molecular formula is C11H9BrClN3. The van der Waals surface area contributed by atoms with E-state index in [4.69, 9.17) is 17.3 Å². The SMILES string of the molecule is Cc1cc(N)nc(-c2ccc(Cl)c(Br)c2)n1. The Balaban J connectivity index is 2.54. The van der Waals surface area contributed by atoms with Crippen LogP contribution in [0.1, 0.15) is 5.69 Å². The fraction of sp³-hybridized carbons (Fsp3) is 0.0909. The minimum atomic E-state index is 0.466. The number of nitrogens with zero attached hydrogens (tertiary/aromatic N) is 2. The van der Waals surface area contributed by atoms with E-state index in [2.05, 4.69) is 25.9 Å². The average Bonchev–Trinajstić information content (AvgIpc) is 2.20. The van der Waals surface area contributed by atoms with Gasteiger partial charge in [0.15, 0.2) is 5.82 Å². The zero-order valence-corrected chi connectivity index (χ0v) is 10.9. The Labute approximate surface area is 107 Å². The molecule has 82 valence electrons. The van der Waals surface area contributed by atoms with Crippen LogP contribution in [-0.4, -0.2) is 9.97 Å². The van der Waals surface area contributed by atoms with Crippen LogP contribution in [0.15, 0.2) is 28.7 Å². The Kier molecular flexibility index (Phi) is 3.12. The van der Waals surface area contributed by atoms with Gasteiger partial charge in [-0.05, 0) is 41.1 Å². The predicted octanol–water partition coefficient (Wildman–Crippen LogP) is 3.45. The van der Waals surface area contributed by atoms with Crippen LogP contribution in [0.2, 0.25) is 5.02 Å². The maximum Gasteiger partial charge on any atom is 0.161 e. The molecule has 0 aliphatic heterocycles. The van der Waals surface area contributed by atoms with Gasteiger partial charge in [-0.3, -0.25) is 0 Å². The Morgan fingerprint density at radius 3 is 2.62 bits per heavy atom. The molecule has 1 aromatic carbocycles. The normalized spacial score (nSPS) is 10.4. The monoisotopic (exact) mass is 297 g/mol. The van der Waals surface area contributed by atoms with Gasteiger partial charge < -0.3 is 5.73 Å². The van der Waals surface area contributed by atoms with Crippen LogP contribution in [0.3, 0.4) is 0 Å². The van der Waals surface area contributed by atoms with E-state index < -0.39 is 0 Å². The van der Waals surface area contributed by atoms with Crippen molar-refractivity contribution in [3.8, 4) is 11.4 Å². The van der Waals surface area contributed by atoms with Crippen molar-refractivity contribution < 1.29 is 0 Å². The molecule has 16 heavy (non-hydrogen) atoms. The van der Waals surface area contributed by atoms with E-state index in [0.717, 1.165) is 15.7 Å². The van der Waals surface area contributed by atoms with Crippen molar-refractivity contribution in [2.24, 2.45) is 0 Å². The smallest absolute Gasteiger partial charge is 0.161 e. The summed E-state index contributed by atoms with van der Waals surface area (Å²) in [4.78, 5) is 8.50. The summed E-state index contributed by atoms with van der Waals surface area (Å²) in [7, 11) is 0.